The minimum Gasteiger partial charge on any atom is -0.478 e. The lowest BCUT2D eigenvalue weighted by Crippen LogP contribution is -2.03. The quantitative estimate of drug-likeness (QED) is 0.689. The van der Waals surface area contributed by atoms with Crippen molar-refractivity contribution in [1.82, 2.24) is 15.2 Å². The molecule has 2 heterocycles. The Kier molecular flexibility index (Phi) is 3.00. The number of hydrogen-bond acceptors (Lipinski definition) is 4. The normalized spacial score (nSPS) is 10.7. The van der Waals surface area contributed by atoms with Crippen LogP contribution in [0.4, 0.5) is 11.5 Å². The second-order valence-corrected chi connectivity index (χ2v) is 4.55. The van der Waals surface area contributed by atoms with E-state index in [2.05, 4.69) is 20.5 Å². The standard InChI is InChI=1S/C13H9ClN4O2/c14-7-1-2-10-9(5-7)12(18-17-10)16-11-6-15-4-3-8(11)13(19)20/h1-6H,(H,19,20)(H2,16,17,18). The fourth-order valence-electron chi connectivity index (χ4n) is 1.89. The number of pyridine rings is 1. The van der Waals surface area contributed by atoms with Gasteiger partial charge in [-0.15, -0.1) is 0 Å². The number of carbonyl (C=O) groups is 1. The van der Waals surface area contributed by atoms with Gasteiger partial charge in [0.1, 0.15) is 0 Å². The summed E-state index contributed by atoms with van der Waals surface area (Å²) in [6.45, 7) is 0. The van der Waals surface area contributed by atoms with Gasteiger partial charge in [0.25, 0.3) is 0 Å². The Balaban J connectivity index is 2.06. The minimum absolute atomic E-state index is 0.123. The van der Waals surface area contributed by atoms with E-state index in [9.17, 15) is 4.79 Å². The molecule has 0 aliphatic carbocycles. The molecule has 3 N–H and O–H groups in total. The number of halogens is 1. The third kappa shape index (κ3) is 2.17. The second-order valence-electron chi connectivity index (χ2n) is 4.11. The average Bonchev–Trinajstić information content (AvgIpc) is 2.82. The molecule has 6 nitrogen and oxygen atoms in total. The molecule has 0 unspecified atom stereocenters. The molecule has 2 aromatic heterocycles. The van der Waals surface area contributed by atoms with E-state index in [0.29, 0.717) is 16.5 Å². The van der Waals surface area contributed by atoms with Crippen LogP contribution in [0.1, 0.15) is 10.4 Å². The van der Waals surface area contributed by atoms with Gasteiger partial charge >= 0.3 is 5.97 Å². The molecule has 0 saturated carbocycles. The van der Waals surface area contributed by atoms with Crippen LogP contribution < -0.4 is 5.32 Å². The van der Waals surface area contributed by atoms with E-state index >= 15 is 0 Å². The number of nitrogens with one attached hydrogen (secondary N) is 2. The van der Waals surface area contributed by atoms with Crippen molar-refractivity contribution >= 4 is 40.0 Å². The number of carboxylic acids is 1. The number of nitrogens with zero attached hydrogens (tertiary/aromatic N) is 2. The maximum absolute atomic E-state index is 11.2. The molecule has 0 aliphatic rings. The number of aromatic carboxylic acids is 1. The molecule has 0 atom stereocenters. The van der Waals surface area contributed by atoms with Crippen molar-refractivity contribution in [3.63, 3.8) is 0 Å². The van der Waals surface area contributed by atoms with Crippen molar-refractivity contribution in [3.8, 4) is 0 Å². The molecule has 0 saturated heterocycles. The number of fused-ring (bicyclic) bond motifs is 1. The highest BCUT2D eigenvalue weighted by Gasteiger charge is 2.12. The van der Waals surface area contributed by atoms with Gasteiger partial charge in [0.05, 0.1) is 23.0 Å². The Morgan fingerprint density at radius 1 is 1.35 bits per heavy atom. The van der Waals surface area contributed by atoms with Gasteiger partial charge in [0, 0.05) is 16.6 Å². The average molecular weight is 289 g/mol. The van der Waals surface area contributed by atoms with Crippen molar-refractivity contribution in [2.75, 3.05) is 5.32 Å². The van der Waals surface area contributed by atoms with Crippen LogP contribution in [0.3, 0.4) is 0 Å². The lowest BCUT2D eigenvalue weighted by Gasteiger charge is -2.06. The van der Waals surface area contributed by atoms with Gasteiger partial charge in [-0.1, -0.05) is 11.6 Å². The first kappa shape index (κ1) is 12.4. The Labute approximate surface area is 118 Å². The van der Waals surface area contributed by atoms with Crippen LogP contribution in [0.15, 0.2) is 36.7 Å². The van der Waals surface area contributed by atoms with Crippen LogP contribution in [0, 0.1) is 0 Å². The summed E-state index contributed by atoms with van der Waals surface area (Å²) in [7, 11) is 0. The SMILES string of the molecule is O=C(O)c1ccncc1Nc1n[nH]c2ccc(Cl)cc12. The van der Waals surface area contributed by atoms with Gasteiger partial charge in [0.15, 0.2) is 5.82 Å². The maximum Gasteiger partial charge on any atom is 0.337 e. The summed E-state index contributed by atoms with van der Waals surface area (Å²) >= 11 is 5.96. The highest BCUT2D eigenvalue weighted by atomic mass is 35.5. The van der Waals surface area contributed by atoms with Crippen LogP contribution in [0.25, 0.3) is 10.9 Å². The molecule has 0 spiro atoms. The largest absolute Gasteiger partial charge is 0.478 e. The highest BCUT2D eigenvalue weighted by Crippen LogP contribution is 2.27. The van der Waals surface area contributed by atoms with Crippen molar-refractivity contribution < 1.29 is 9.90 Å². The van der Waals surface area contributed by atoms with E-state index in [1.807, 2.05) is 0 Å². The Morgan fingerprint density at radius 2 is 2.20 bits per heavy atom. The van der Waals surface area contributed by atoms with Crippen LogP contribution >= 0.6 is 11.6 Å². The summed E-state index contributed by atoms with van der Waals surface area (Å²) in [4.78, 5) is 15.1. The third-order valence-corrected chi connectivity index (χ3v) is 3.06. The van der Waals surface area contributed by atoms with Gasteiger partial charge in [-0.25, -0.2) is 4.79 Å². The van der Waals surface area contributed by atoms with Gasteiger partial charge < -0.3 is 10.4 Å². The van der Waals surface area contributed by atoms with Crippen LogP contribution in [-0.4, -0.2) is 26.3 Å². The third-order valence-electron chi connectivity index (χ3n) is 2.83. The monoisotopic (exact) mass is 288 g/mol. The van der Waals surface area contributed by atoms with Crippen molar-refractivity contribution in [2.45, 2.75) is 0 Å². The number of hydrogen-bond donors (Lipinski definition) is 3. The molecule has 20 heavy (non-hydrogen) atoms. The zero-order valence-corrected chi connectivity index (χ0v) is 10.8. The fourth-order valence-corrected chi connectivity index (χ4v) is 2.06. The van der Waals surface area contributed by atoms with E-state index < -0.39 is 5.97 Å². The number of benzene rings is 1. The second kappa shape index (κ2) is 4.82. The molecule has 0 aliphatic heterocycles. The summed E-state index contributed by atoms with van der Waals surface area (Å²) in [6.07, 6.45) is 2.86. The highest BCUT2D eigenvalue weighted by molar-refractivity contribution is 6.31. The summed E-state index contributed by atoms with van der Waals surface area (Å²) < 4.78 is 0. The summed E-state index contributed by atoms with van der Waals surface area (Å²) in [6, 6.07) is 6.72. The first-order chi connectivity index (χ1) is 9.65. The molecule has 0 fully saturated rings. The van der Waals surface area contributed by atoms with Crippen molar-refractivity contribution in [1.29, 1.82) is 0 Å². The number of anilines is 2. The number of aromatic amines is 1. The predicted octanol–water partition coefficient (Wildman–Crippen LogP) is 3.05. The lowest BCUT2D eigenvalue weighted by atomic mass is 10.2. The van der Waals surface area contributed by atoms with Gasteiger partial charge in [-0.05, 0) is 24.3 Å². The molecule has 0 bridgehead atoms. The molecule has 3 rings (SSSR count). The minimum atomic E-state index is -1.03. The Morgan fingerprint density at radius 3 is 3.00 bits per heavy atom. The number of rotatable bonds is 3. The molecule has 0 radical (unpaired) electrons. The number of H-pyrrole nitrogens is 1. The zero-order chi connectivity index (χ0) is 14.1. The van der Waals surface area contributed by atoms with Gasteiger partial charge in [0.2, 0.25) is 0 Å². The lowest BCUT2D eigenvalue weighted by molar-refractivity contribution is 0.0698. The first-order valence-electron chi connectivity index (χ1n) is 5.73. The number of aromatic nitrogens is 3. The van der Waals surface area contributed by atoms with E-state index in [0.717, 1.165) is 10.9 Å². The molecule has 100 valence electrons. The molecule has 0 amide bonds. The molecule has 1 aromatic carbocycles. The van der Waals surface area contributed by atoms with Crippen LogP contribution in [0.5, 0.6) is 0 Å². The van der Waals surface area contributed by atoms with Gasteiger partial charge in [-0.2, -0.15) is 5.10 Å². The Hall–Kier alpha value is -2.60. The molecule has 3 aromatic rings. The molecular formula is C13H9ClN4O2. The van der Waals surface area contributed by atoms with Crippen molar-refractivity contribution in [3.05, 3.63) is 47.2 Å². The van der Waals surface area contributed by atoms with E-state index in [1.165, 1.54) is 18.5 Å². The maximum atomic E-state index is 11.2. The van der Waals surface area contributed by atoms with E-state index in [-0.39, 0.29) is 5.56 Å². The van der Waals surface area contributed by atoms with E-state index in [1.54, 1.807) is 18.2 Å². The summed E-state index contributed by atoms with van der Waals surface area (Å²) in [5, 5.41) is 20.4. The summed E-state index contributed by atoms with van der Waals surface area (Å²) in [5.74, 6) is -0.536. The van der Waals surface area contributed by atoms with Gasteiger partial charge in [-0.3, -0.25) is 10.1 Å². The van der Waals surface area contributed by atoms with Crippen LogP contribution in [0.2, 0.25) is 5.02 Å². The first-order valence-corrected chi connectivity index (χ1v) is 6.11. The van der Waals surface area contributed by atoms with Crippen molar-refractivity contribution in [2.24, 2.45) is 0 Å². The number of carboxylic acid groups (broad SMARTS) is 1. The zero-order valence-electron chi connectivity index (χ0n) is 10.1. The Bertz CT molecular complexity index is 800. The topological polar surface area (TPSA) is 90.9 Å². The fraction of sp³-hybridized carbons (Fsp3) is 0. The van der Waals surface area contributed by atoms with E-state index in [4.69, 9.17) is 16.7 Å². The molecule has 7 heteroatoms. The molecular weight excluding hydrogens is 280 g/mol. The van der Waals surface area contributed by atoms with Crippen LogP contribution in [-0.2, 0) is 0 Å². The predicted molar refractivity (Wildman–Crippen MR) is 75.6 cm³/mol. The smallest absolute Gasteiger partial charge is 0.337 e. The summed E-state index contributed by atoms with van der Waals surface area (Å²) in [5.41, 5.74) is 1.30.